The smallest absolute Gasteiger partial charge is 0.163 e. The summed E-state index contributed by atoms with van der Waals surface area (Å²) in [5.41, 5.74) is 4.53. The predicted molar refractivity (Wildman–Crippen MR) is 159 cm³/mol. The number of hydrogen-bond acceptors (Lipinski definition) is 8. The number of likely N-dealkylation sites (N-methyl/N-ethyl adjacent to an activating group) is 1. The van der Waals surface area contributed by atoms with Gasteiger partial charge < -0.3 is 19.6 Å². The van der Waals surface area contributed by atoms with Gasteiger partial charge in [0.2, 0.25) is 0 Å². The van der Waals surface area contributed by atoms with Crippen molar-refractivity contribution in [3.05, 3.63) is 66.5 Å². The number of allylic oxidation sites excluding steroid dienone is 2. The van der Waals surface area contributed by atoms with Crippen molar-refractivity contribution in [1.29, 1.82) is 0 Å². The molecule has 4 rings (SSSR count). The first-order valence-electron chi connectivity index (χ1n) is 13.7. The van der Waals surface area contributed by atoms with E-state index in [0.29, 0.717) is 0 Å². The normalized spacial score (nSPS) is 17.0. The number of hydrogen-bond donors (Lipinski definition) is 0. The molecule has 204 valence electrons. The molecule has 8 heteroatoms. The molecule has 0 atom stereocenters. The lowest BCUT2D eigenvalue weighted by atomic mass is 10.0. The van der Waals surface area contributed by atoms with Gasteiger partial charge in [-0.3, -0.25) is 4.90 Å². The highest BCUT2D eigenvalue weighted by molar-refractivity contribution is 5.62. The van der Waals surface area contributed by atoms with Gasteiger partial charge in [-0.25, -0.2) is 15.0 Å². The highest BCUT2D eigenvalue weighted by Crippen LogP contribution is 2.30. The van der Waals surface area contributed by atoms with Crippen molar-refractivity contribution in [2.24, 2.45) is 0 Å². The average Bonchev–Trinajstić information content (AvgIpc) is 2.92. The second kappa shape index (κ2) is 13.1. The fourth-order valence-corrected chi connectivity index (χ4v) is 5.10. The van der Waals surface area contributed by atoms with E-state index in [9.17, 15) is 0 Å². The van der Waals surface area contributed by atoms with Gasteiger partial charge in [0.05, 0.1) is 5.69 Å². The van der Waals surface area contributed by atoms with Crippen molar-refractivity contribution < 1.29 is 0 Å². The van der Waals surface area contributed by atoms with Gasteiger partial charge in [0.15, 0.2) is 5.82 Å². The van der Waals surface area contributed by atoms with Crippen molar-refractivity contribution in [3.8, 4) is 11.4 Å². The zero-order valence-electron chi connectivity index (χ0n) is 23.7. The summed E-state index contributed by atoms with van der Waals surface area (Å²) in [6.45, 7) is 16.6. The van der Waals surface area contributed by atoms with Crippen molar-refractivity contribution in [2.45, 2.75) is 19.4 Å². The maximum atomic E-state index is 5.14. The van der Waals surface area contributed by atoms with Crippen LogP contribution in [0.25, 0.3) is 11.4 Å². The highest BCUT2D eigenvalue weighted by atomic mass is 15.3. The monoisotopic (exact) mass is 516 g/mol. The maximum Gasteiger partial charge on any atom is 0.163 e. The number of rotatable bonds is 11. The minimum absolute atomic E-state index is 0.766. The molecule has 1 saturated heterocycles. The number of piperazine rings is 1. The minimum Gasteiger partial charge on any atom is -0.359 e. The van der Waals surface area contributed by atoms with E-state index in [2.05, 4.69) is 78.0 Å². The quantitative estimate of drug-likeness (QED) is 0.422. The lowest BCUT2D eigenvalue weighted by molar-refractivity contribution is 0.275. The van der Waals surface area contributed by atoms with Crippen LogP contribution in [0.3, 0.4) is 0 Å². The van der Waals surface area contributed by atoms with E-state index in [0.717, 1.165) is 100 Å². The molecule has 0 aliphatic carbocycles. The molecule has 0 spiro atoms. The fraction of sp³-hybridized carbons (Fsp3) is 0.500. The number of nitrogens with zero attached hydrogens (tertiary/aromatic N) is 8. The lowest BCUT2D eigenvalue weighted by Gasteiger charge is -2.33. The van der Waals surface area contributed by atoms with Crippen molar-refractivity contribution >= 4 is 11.6 Å². The van der Waals surface area contributed by atoms with Gasteiger partial charge in [0, 0.05) is 83.2 Å². The standard InChI is InChI=1S/C30H44N8/c1-7-10-24(8-2)22-37-16-13-27-26(23-37)30(36(6)15-9-14-34(3)4)33-29(32-27)25-11-12-28(31-21-25)38-19-17-35(5)18-20-38/h7-8,10-12,21H,1-2,9,13-20,22-23H2,3-6H3/b24-10+. The number of pyridine rings is 1. The van der Waals surface area contributed by atoms with E-state index >= 15 is 0 Å². The van der Waals surface area contributed by atoms with Crippen LogP contribution in [0.2, 0.25) is 0 Å². The first-order valence-corrected chi connectivity index (χ1v) is 13.7. The molecule has 0 saturated carbocycles. The van der Waals surface area contributed by atoms with Gasteiger partial charge in [0.25, 0.3) is 0 Å². The van der Waals surface area contributed by atoms with E-state index in [1.54, 1.807) is 0 Å². The third kappa shape index (κ3) is 7.07. The molecule has 2 aromatic heterocycles. The summed E-state index contributed by atoms with van der Waals surface area (Å²) in [4.78, 5) is 26.7. The largest absolute Gasteiger partial charge is 0.359 e. The molecular formula is C30H44N8. The van der Waals surface area contributed by atoms with Gasteiger partial charge in [-0.2, -0.15) is 0 Å². The van der Waals surface area contributed by atoms with E-state index < -0.39 is 0 Å². The third-order valence-electron chi connectivity index (χ3n) is 7.41. The number of aromatic nitrogens is 3. The Hall–Kier alpha value is -3.07. The molecule has 0 radical (unpaired) electrons. The third-order valence-corrected chi connectivity index (χ3v) is 7.41. The molecule has 1 fully saturated rings. The zero-order chi connectivity index (χ0) is 27.1. The minimum atomic E-state index is 0.766. The molecule has 8 nitrogen and oxygen atoms in total. The van der Waals surface area contributed by atoms with Crippen LogP contribution in [-0.2, 0) is 13.0 Å². The fourth-order valence-electron chi connectivity index (χ4n) is 5.10. The van der Waals surface area contributed by atoms with Crippen molar-refractivity contribution in [1.82, 2.24) is 29.7 Å². The Morgan fingerprint density at radius 3 is 2.47 bits per heavy atom. The van der Waals surface area contributed by atoms with Crippen LogP contribution in [0.4, 0.5) is 11.6 Å². The van der Waals surface area contributed by atoms with Gasteiger partial charge in [-0.1, -0.05) is 31.4 Å². The molecule has 4 heterocycles. The lowest BCUT2D eigenvalue weighted by Crippen LogP contribution is -2.44. The Kier molecular flexibility index (Phi) is 9.66. The van der Waals surface area contributed by atoms with Gasteiger partial charge in [-0.05, 0) is 51.8 Å². The molecule has 2 aliphatic rings. The second-order valence-corrected chi connectivity index (χ2v) is 10.7. The van der Waals surface area contributed by atoms with Crippen LogP contribution in [0.1, 0.15) is 17.7 Å². The number of fused-ring (bicyclic) bond motifs is 1. The summed E-state index contributed by atoms with van der Waals surface area (Å²) >= 11 is 0. The van der Waals surface area contributed by atoms with Crippen LogP contribution in [-0.4, -0.2) is 110 Å². The SMILES string of the molecule is C=C/C=C(\C=C)CN1CCc2nc(-c3ccc(N4CCN(C)CC4)nc3)nc(N(C)CCCN(C)C)c2C1. The van der Waals surface area contributed by atoms with Crippen molar-refractivity contribution in [2.75, 3.05) is 90.3 Å². The molecule has 0 unspecified atom stereocenters. The summed E-state index contributed by atoms with van der Waals surface area (Å²) in [5.74, 6) is 2.83. The van der Waals surface area contributed by atoms with E-state index in [1.165, 1.54) is 11.1 Å². The van der Waals surface area contributed by atoms with E-state index in [1.807, 2.05) is 24.4 Å². The molecular weight excluding hydrogens is 472 g/mol. The van der Waals surface area contributed by atoms with Crippen LogP contribution in [0.15, 0.2) is 55.3 Å². The molecule has 2 aliphatic heterocycles. The summed E-state index contributed by atoms with van der Waals surface area (Å²) in [6, 6.07) is 4.25. The van der Waals surface area contributed by atoms with Gasteiger partial charge in [-0.15, -0.1) is 0 Å². The van der Waals surface area contributed by atoms with E-state index in [-0.39, 0.29) is 0 Å². The summed E-state index contributed by atoms with van der Waals surface area (Å²) in [7, 11) is 8.57. The molecule has 2 aromatic rings. The maximum absolute atomic E-state index is 5.14. The molecule has 0 aromatic carbocycles. The summed E-state index contributed by atoms with van der Waals surface area (Å²) in [5, 5.41) is 0. The Morgan fingerprint density at radius 1 is 1.03 bits per heavy atom. The molecule has 0 bridgehead atoms. The predicted octanol–water partition coefficient (Wildman–Crippen LogP) is 3.33. The Bertz CT molecular complexity index is 1120. The van der Waals surface area contributed by atoms with Gasteiger partial charge in [0.1, 0.15) is 11.6 Å². The molecule has 0 amide bonds. The Morgan fingerprint density at radius 2 is 1.82 bits per heavy atom. The first-order chi connectivity index (χ1) is 18.4. The van der Waals surface area contributed by atoms with Gasteiger partial charge >= 0.3 is 0 Å². The van der Waals surface area contributed by atoms with E-state index in [4.69, 9.17) is 15.0 Å². The summed E-state index contributed by atoms with van der Waals surface area (Å²) < 4.78 is 0. The number of anilines is 2. The first kappa shape index (κ1) is 28.0. The molecule has 0 N–H and O–H groups in total. The van der Waals surface area contributed by atoms with Crippen LogP contribution < -0.4 is 9.80 Å². The summed E-state index contributed by atoms with van der Waals surface area (Å²) in [6.07, 6.45) is 9.70. The van der Waals surface area contributed by atoms with Crippen molar-refractivity contribution in [3.63, 3.8) is 0 Å². The van der Waals surface area contributed by atoms with Crippen LogP contribution >= 0.6 is 0 Å². The topological polar surface area (TPSA) is 54.9 Å². The average molecular weight is 517 g/mol. The zero-order valence-corrected chi connectivity index (χ0v) is 23.7. The van der Waals surface area contributed by atoms with Crippen LogP contribution in [0, 0.1) is 0 Å². The Labute approximate surface area is 229 Å². The second-order valence-electron chi connectivity index (χ2n) is 10.7. The highest BCUT2D eigenvalue weighted by Gasteiger charge is 2.25. The van der Waals surface area contributed by atoms with Crippen LogP contribution in [0.5, 0.6) is 0 Å². The Balaban J connectivity index is 1.60. The molecule has 38 heavy (non-hydrogen) atoms.